The number of thioether (sulfide) groups is 1. The summed E-state index contributed by atoms with van der Waals surface area (Å²) in [4.78, 5) is 13.2. The van der Waals surface area contributed by atoms with Crippen molar-refractivity contribution in [1.82, 2.24) is 0 Å². The van der Waals surface area contributed by atoms with E-state index >= 15 is 0 Å². The fraction of sp³-hybridized carbons (Fsp3) is 0.133. The molecule has 0 bridgehead atoms. The van der Waals surface area contributed by atoms with Gasteiger partial charge in [0.15, 0.2) is 5.78 Å². The highest BCUT2D eigenvalue weighted by molar-refractivity contribution is 7.98. The fourth-order valence-electron chi connectivity index (χ4n) is 2.17. The van der Waals surface area contributed by atoms with E-state index in [4.69, 9.17) is 0 Å². The smallest absolute Gasteiger partial charge is 0.289 e. The standard InChI is InChI=1S/C15H9F3OS/c16-15(17,18)10-6-5-9-8-20-13-4-2-1-3-11(13)14(19)12(9)7-10/h1-7H,8H2. The van der Waals surface area contributed by atoms with Crippen LogP contribution in [-0.4, -0.2) is 5.78 Å². The molecular formula is C15H9F3OS. The van der Waals surface area contributed by atoms with Crippen molar-refractivity contribution >= 4 is 17.5 Å². The normalized spacial score (nSPS) is 14.4. The molecule has 1 aliphatic heterocycles. The first-order valence-electron chi connectivity index (χ1n) is 5.93. The van der Waals surface area contributed by atoms with Gasteiger partial charge in [-0.3, -0.25) is 4.79 Å². The lowest BCUT2D eigenvalue weighted by Crippen LogP contribution is -2.09. The number of fused-ring (bicyclic) bond motifs is 2. The van der Waals surface area contributed by atoms with E-state index in [9.17, 15) is 18.0 Å². The number of carbonyl (C=O) groups excluding carboxylic acids is 1. The number of rotatable bonds is 0. The summed E-state index contributed by atoms with van der Waals surface area (Å²) in [5.74, 6) is 0.155. The van der Waals surface area contributed by atoms with Crippen LogP contribution in [0.2, 0.25) is 0 Å². The van der Waals surface area contributed by atoms with Crippen LogP contribution in [0.15, 0.2) is 47.4 Å². The number of hydrogen-bond acceptors (Lipinski definition) is 2. The summed E-state index contributed by atoms with van der Waals surface area (Å²) in [5.41, 5.74) is 0.478. The highest BCUT2D eigenvalue weighted by Gasteiger charge is 2.32. The Hall–Kier alpha value is -1.75. The van der Waals surface area contributed by atoms with Gasteiger partial charge in [0.1, 0.15) is 0 Å². The van der Waals surface area contributed by atoms with Crippen LogP contribution in [0, 0.1) is 0 Å². The zero-order valence-electron chi connectivity index (χ0n) is 10.2. The molecule has 3 rings (SSSR count). The SMILES string of the molecule is O=C1c2cc(C(F)(F)F)ccc2CSc2ccccc21. The molecule has 1 nitrogen and oxygen atoms in total. The number of ketones is 1. The maximum Gasteiger partial charge on any atom is 0.416 e. The molecule has 0 saturated carbocycles. The molecule has 0 aliphatic carbocycles. The van der Waals surface area contributed by atoms with E-state index in [0.717, 1.165) is 17.0 Å². The van der Waals surface area contributed by atoms with Crippen molar-refractivity contribution in [3.63, 3.8) is 0 Å². The van der Waals surface area contributed by atoms with Gasteiger partial charge >= 0.3 is 6.18 Å². The van der Waals surface area contributed by atoms with Crippen LogP contribution in [0.4, 0.5) is 13.2 Å². The van der Waals surface area contributed by atoms with Gasteiger partial charge in [0, 0.05) is 21.8 Å². The summed E-state index contributed by atoms with van der Waals surface area (Å²) < 4.78 is 38.3. The second-order valence-electron chi connectivity index (χ2n) is 4.48. The van der Waals surface area contributed by atoms with Crippen molar-refractivity contribution in [2.24, 2.45) is 0 Å². The van der Waals surface area contributed by atoms with Crippen molar-refractivity contribution < 1.29 is 18.0 Å². The number of alkyl halides is 3. The third-order valence-corrected chi connectivity index (χ3v) is 4.32. The van der Waals surface area contributed by atoms with E-state index in [2.05, 4.69) is 0 Å². The molecule has 0 saturated heterocycles. The van der Waals surface area contributed by atoms with Gasteiger partial charge < -0.3 is 0 Å². The van der Waals surface area contributed by atoms with Gasteiger partial charge in [0.25, 0.3) is 0 Å². The number of benzene rings is 2. The van der Waals surface area contributed by atoms with Crippen LogP contribution in [-0.2, 0) is 11.9 Å². The summed E-state index contributed by atoms with van der Waals surface area (Å²) in [7, 11) is 0. The topological polar surface area (TPSA) is 17.1 Å². The van der Waals surface area contributed by atoms with E-state index < -0.39 is 11.7 Å². The average Bonchev–Trinajstić information content (AvgIpc) is 2.56. The molecule has 0 radical (unpaired) electrons. The van der Waals surface area contributed by atoms with Gasteiger partial charge in [-0.25, -0.2) is 0 Å². The van der Waals surface area contributed by atoms with Gasteiger partial charge in [0.05, 0.1) is 5.56 Å². The van der Waals surface area contributed by atoms with Crippen molar-refractivity contribution in [2.45, 2.75) is 16.8 Å². The maximum absolute atomic E-state index is 12.8. The summed E-state index contributed by atoms with van der Waals surface area (Å²) in [6.45, 7) is 0. The molecule has 2 aromatic rings. The van der Waals surface area contributed by atoms with Gasteiger partial charge in [-0.1, -0.05) is 18.2 Å². The largest absolute Gasteiger partial charge is 0.416 e. The third-order valence-electron chi connectivity index (χ3n) is 3.20. The lowest BCUT2D eigenvalue weighted by molar-refractivity contribution is -0.137. The summed E-state index contributed by atoms with van der Waals surface area (Å²) >= 11 is 1.47. The monoisotopic (exact) mass is 294 g/mol. The summed E-state index contributed by atoms with van der Waals surface area (Å²) in [6, 6.07) is 10.4. The highest BCUT2D eigenvalue weighted by Crippen LogP contribution is 2.36. The van der Waals surface area contributed by atoms with E-state index in [1.165, 1.54) is 17.8 Å². The first-order chi connectivity index (χ1) is 9.47. The molecule has 2 aromatic carbocycles. The molecule has 0 aromatic heterocycles. The Labute approximate surface area is 117 Å². The third kappa shape index (κ3) is 2.22. The zero-order chi connectivity index (χ0) is 14.3. The molecule has 102 valence electrons. The van der Waals surface area contributed by atoms with Crippen LogP contribution >= 0.6 is 11.8 Å². The molecule has 5 heteroatoms. The molecule has 0 atom stereocenters. The predicted molar refractivity (Wildman–Crippen MR) is 70.9 cm³/mol. The Bertz CT molecular complexity index is 692. The molecule has 0 unspecified atom stereocenters. The first kappa shape index (κ1) is 13.2. The van der Waals surface area contributed by atoms with Gasteiger partial charge in [0.2, 0.25) is 0 Å². The minimum atomic E-state index is -4.44. The minimum absolute atomic E-state index is 0.150. The lowest BCUT2D eigenvalue weighted by Gasteiger charge is -2.10. The molecule has 20 heavy (non-hydrogen) atoms. The number of carbonyl (C=O) groups is 1. The predicted octanol–water partition coefficient (Wildman–Crippen LogP) is 4.54. The molecular weight excluding hydrogens is 285 g/mol. The first-order valence-corrected chi connectivity index (χ1v) is 6.92. The van der Waals surface area contributed by atoms with Crippen LogP contribution in [0.3, 0.4) is 0 Å². The Morgan fingerprint density at radius 1 is 1.00 bits per heavy atom. The molecule has 1 heterocycles. The quantitative estimate of drug-likeness (QED) is 0.709. The Kier molecular flexibility index (Phi) is 3.09. The fourth-order valence-corrected chi connectivity index (χ4v) is 3.22. The molecule has 0 amide bonds. The van der Waals surface area contributed by atoms with Gasteiger partial charge in [-0.15, -0.1) is 11.8 Å². The van der Waals surface area contributed by atoms with E-state index in [-0.39, 0.29) is 11.3 Å². The number of halogens is 3. The molecule has 0 spiro atoms. The second kappa shape index (κ2) is 4.66. The summed E-state index contributed by atoms with van der Waals surface area (Å²) in [6.07, 6.45) is -4.44. The van der Waals surface area contributed by atoms with Crippen molar-refractivity contribution in [3.05, 3.63) is 64.7 Å². The van der Waals surface area contributed by atoms with E-state index in [1.807, 2.05) is 12.1 Å². The van der Waals surface area contributed by atoms with Crippen molar-refractivity contribution in [3.8, 4) is 0 Å². The highest BCUT2D eigenvalue weighted by atomic mass is 32.2. The summed E-state index contributed by atoms with van der Waals surface area (Å²) in [5, 5.41) is 0. The Balaban J connectivity index is 2.16. The Morgan fingerprint density at radius 2 is 1.75 bits per heavy atom. The van der Waals surface area contributed by atoms with Crippen molar-refractivity contribution in [1.29, 1.82) is 0 Å². The minimum Gasteiger partial charge on any atom is -0.289 e. The van der Waals surface area contributed by atoms with Crippen LogP contribution in [0.1, 0.15) is 27.0 Å². The zero-order valence-corrected chi connectivity index (χ0v) is 11.0. The lowest BCUT2D eigenvalue weighted by atomic mass is 9.97. The van der Waals surface area contributed by atoms with Gasteiger partial charge in [-0.05, 0) is 29.8 Å². The Morgan fingerprint density at radius 3 is 2.50 bits per heavy atom. The van der Waals surface area contributed by atoms with Crippen LogP contribution in [0.5, 0.6) is 0 Å². The molecule has 0 fully saturated rings. The van der Waals surface area contributed by atoms with Crippen LogP contribution < -0.4 is 0 Å². The average molecular weight is 294 g/mol. The second-order valence-corrected chi connectivity index (χ2v) is 5.50. The van der Waals surface area contributed by atoms with E-state index in [0.29, 0.717) is 16.9 Å². The molecule has 0 N–H and O–H groups in total. The van der Waals surface area contributed by atoms with Gasteiger partial charge in [-0.2, -0.15) is 13.2 Å². The number of hydrogen-bond donors (Lipinski definition) is 0. The van der Waals surface area contributed by atoms with Crippen molar-refractivity contribution in [2.75, 3.05) is 0 Å². The van der Waals surface area contributed by atoms with E-state index in [1.54, 1.807) is 12.1 Å². The molecule has 1 aliphatic rings. The maximum atomic E-state index is 12.8. The van der Waals surface area contributed by atoms with Crippen LogP contribution in [0.25, 0.3) is 0 Å².